The second-order valence-electron chi connectivity index (χ2n) is 5.56. The van der Waals surface area contributed by atoms with Crippen LogP contribution in [-0.4, -0.2) is 23.0 Å². The molecule has 0 aromatic heterocycles. The summed E-state index contributed by atoms with van der Waals surface area (Å²) in [5.74, 6) is -1.17. The van der Waals surface area contributed by atoms with Crippen LogP contribution >= 0.6 is 11.6 Å². The van der Waals surface area contributed by atoms with Crippen LogP contribution < -0.4 is 5.32 Å². The third-order valence-electron chi connectivity index (χ3n) is 3.94. The number of hydrogen-bond donors (Lipinski definition) is 2. The highest BCUT2D eigenvalue weighted by molar-refractivity contribution is 6.30. The second kappa shape index (κ2) is 7.46. The van der Waals surface area contributed by atoms with E-state index in [1.54, 1.807) is 24.3 Å². The monoisotopic (exact) mass is 309 g/mol. The molecule has 0 unspecified atom stereocenters. The normalized spacial score (nSPS) is 17.2. The number of carbonyl (C=O) groups excluding carboxylic acids is 1. The Balaban J connectivity index is 1.96. The lowest BCUT2D eigenvalue weighted by Gasteiger charge is -2.23. The minimum atomic E-state index is -1.01. The van der Waals surface area contributed by atoms with Gasteiger partial charge in [-0.2, -0.15) is 0 Å². The van der Waals surface area contributed by atoms with Crippen LogP contribution in [0.15, 0.2) is 24.3 Å². The molecule has 1 atom stereocenters. The molecule has 1 aromatic carbocycles. The van der Waals surface area contributed by atoms with Crippen molar-refractivity contribution in [2.75, 3.05) is 0 Å². The summed E-state index contributed by atoms with van der Waals surface area (Å²) in [6.07, 6.45) is 5.25. The Bertz CT molecular complexity index is 495. The molecule has 1 fully saturated rings. The number of halogens is 1. The molecule has 0 aliphatic heterocycles. The van der Waals surface area contributed by atoms with Gasteiger partial charge < -0.3 is 10.4 Å². The minimum absolute atomic E-state index is 0.0363. The van der Waals surface area contributed by atoms with Crippen molar-refractivity contribution in [2.24, 2.45) is 5.92 Å². The second-order valence-corrected chi connectivity index (χ2v) is 6.00. The Labute approximate surface area is 129 Å². The summed E-state index contributed by atoms with van der Waals surface area (Å²) in [7, 11) is 0. The fraction of sp³-hybridized carbons (Fsp3) is 0.500. The highest BCUT2D eigenvalue weighted by Crippen LogP contribution is 2.23. The van der Waals surface area contributed by atoms with E-state index in [1.807, 2.05) is 0 Å². The maximum absolute atomic E-state index is 12.2. The summed E-state index contributed by atoms with van der Waals surface area (Å²) in [6, 6.07) is 6.12. The maximum Gasteiger partial charge on any atom is 0.326 e. The Morgan fingerprint density at radius 1 is 1.19 bits per heavy atom. The molecule has 1 aliphatic rings. The molecule has 21 heavy (non-hydrogen) atoms. The van der Waals surface area contributed by atoms with Gasteiger partial charge in [-0.3, -0.25) is 4.79 Å². The molecule has 1 aromatic rings. The Morgan fingerprint density at radius 3 is 2.38 bits per heavy atom. The van der Waals surface area contributed by atoms with Gasteiger partial charge in [0, 0.05) is 17.4 Å². The largest absolute Gasteiger partial charge is 0.480 e. The van der Waals surface area contributed by atoms with E-state index >= 15 is 0 Å². The van der Waals surface area contributed by atoms with E-state index in [4.69, 9.17) is 11.6 Å². The van der Waals surface area contributed by atoms with Crippen LogP contribution in [0.4, 0.5) is 0 Å². The van der Waals surface area contributed by atoms with Gasteiger partial charge in [0.05, 0.1) is 0 Å². The number of carboxylic acid groups (broad SMARTS) is 1. The van der Waals surface area contributed by atoms with Gasteiger partial charge in [0.1, 0.15) is 6.04 Å². The molecule has 0 spiro atoms. The van der Waals surface area contributed by atoms with E-state index in [-0.39, 0.29) is 18.2 Å². The van der Waals surface area contributed by atoms with Crippen molar-refractivity contribution in [2.45, 2.75) is 44.6 Å². The number of nitrogens with one attached hydrogen (secondary N) is 1. The van der Waals surface area contributed by atoms with Gasteiger partial charge >= 0.3 is 5.97 Å². The van der Waals surface area contributed by atoms with E-state index in [1.165, 1.54) is 0 Å². The van der Waals surface area contributed by atoms with Gasteiger partial charge in [-0.15, -0.1) is 0 Å². The third-order valence-corrected chi connectivity index (χ3v) is 4.20. The van der Waals surface area contributed by atoms with Gasteiger partial charge in [0.25, 0.3) is 0 Å². The zero-order chi connectivity index (χ0) is 15.2. The zero-order valence-electron chi connectivity index (χ0n) is 11.8. The van der Waals surface area contributed by atoms with Crippen LogP contribution in [0.25, 0.3) is 0 Å². The summed E-state index contributed by atoms with van der Waals surface area (Å²) in [5, 5.41) is 12.6. The van der Waals surface area contributed by atoms with Gasteiger partial charge in [-0.05, 0) is 30.5 Å². The first-order valence-electron chi connectivity index (χ1n) is 7.34. The molecule has 0 bridgehead atoms. The Morgan fingerprint density at radius 2 is 1.81 bits per heavy atom. The molecule has 1 aliphatic carbocycles. The minimum Gasteiger partial charge on any atom is -0.480 e. The Hall–Kier alpha value is -1.55. The molecule has 2 N–H and O–H groups in total. The summed E-state index contributed by atoms with van der Waals surface area (Å²) in [4.78, 5) is 23.5. The van der Waals surface area contributed by atoms with Gasteiger partial charge in [-0.25, -0.2) is 4.79 Å². The fourth-order valence-electron chi connectivity index (χ4n) is 2.71. The topological polar surface area (TPSA) is 66.4 Å². The van der Waals surface area contributed by atoms with Crippen LogP contribution in [0, 0.1) is 5.92 Å². The molecular weight excluding hydrogens is 290 g/mol. The number of aliphatic carboxylic acids is 1. The number of benzene rings is 1. The van der Waals surface area contributed by atoms with E-state index < -0.39 is 12.0 Å². The number of carbonyl (C=O) groups is 2. The van der Waals surface area contributed by atoms with Crippen LogP contribution in [-0.2, 0) is 16.0 Å². The average molecular weight is 310 g/mol. The average Bonchev–Trinajstić information content (AvgIpc) is 2.49. The Kier molecular flexibility index (Phi) is 5.62. The highest BCUT2D eigenvalue weighted by Gasteiger charge is 2.26. The quantitative estimate of drug-likeness (QED) is 0.878. The molecule has 1 saturated carbocycles. The number of hydrogen-bond acceptors (Lipinski definition) is 2. The first-order chi connectivity index (χ1) is 10.1. The van der Waals surface area contributed by atoms with Crippen molar-refractivity contribution >= 4 is 23.5 Å². The first-order valence-corrected chi connectivity index (χ1v) is 7.71. The van der Waals surface area contributed by atoms with Crippen molar-refractivity contribution in [3.63, 3.8) is 0 Å². The number of amides is 1. The molecule has 1 amide bonds. The molecule has 0 saturated heterocycles. The van der Waals surface area contributed by atoms with E-state index in [2.05, 4.69) is 5.32 Å². The van der Waals surface area contributed by atoms with Gasteiger partial charge in [0.2, 0.25) is 5.91 Å². The first kappa shape index (κ1) is 15.8. The van der Waals surface area contributed by atoms with E-state index in [0.717, 1.165) is 37.7 Å². The smallest absolute Gasteiger partial charge is 0.326 e. The molecule has 0 heterocycles. The van der Waals surface area contributed by atoms with Gasteiger partial charge in [0.15, 0.2) is 0 Å². The van der Waals surface area contributed by atoms with E-state index in [9.17, 15) is 14.7 Å². The zero-order valence-corrected chi connectivity index (χ0v) is 12.6. The lowest BCUT2D eigenvalue weighted by molar-refractivity contribution is -0.142. The molecule has 114 valence electrons. The predicted octanol–water partition coefficient (Wildman–Crippen LogP) is 3.03. The summed E-state index contributed by atoms with van der Waals surface area (Å²) in [6.45, 7) is 0. The van der Waals surface area contributed by atoms with Crippen molar-refractivity contribution in [1.82, 2.24) is 5.32 Å². The summed E-state index contributed by atoms with van der Waals surface area (Å²) >= 11 is 5.81. The summed E-state index contributed by atoms with van der Waals surface area (Å²) in [5.41, 5.74) is 0.843. The van der Waals surface area contributed by atoms with Crippen LogP contribution in [0.1, 0.15) is 37.7 Å². The predicted molar refractivity (Wildman–Crippen MR) is 81.3 cm³/mol. The van der Waals surface area contributed by atoms with Gasteiger partial charge in [-0.1, -0.05) is 43.0 Å². The van der Waals surface area contributed by atoms with Crippen LogP contribution in [0.5, 0.6) is 0 Å². The molecule has 0 radical (unpaired) electrons. The van der Waals surface area contributed by atoms with E-state index in [0.29, 0.717) is 5.02 Å². The standard InChI is InChI=1S/C16H20ClNO3/c17-13-8-6-11(7-9-13)10-14(16(20)21)18-15(19)12-4-2-1-3-5-12/h6-9,12,14H,1-5,10H2,(H,18,19)(H,20,21)/t14-/m1/s1. The molecule has 2 rings (SSSR count). The lowest BCUT2D eigenvalue weighted by Crippen LogP contribution is -2.45. The lowest BCUT2D eigenvalue weighted by atomic mass is 9.88. The highest BCUT2D eigenvalue weighted by atomic mass is 35.5. The van der Waals surface area contributed by atoms with Crippen molar-refractivity contribution in [3.8, 4) is 0 Å². The van der Waals surface area contributed by atoms with Crippen LogP contribution in [0.2, 0.25) is 5.02 Å². The maximum atomic E-state index is 12.2. The van der Waals surface area contributed by atoms with Crippen LogP contribution in [0.3, 0.4) is 0 Å². The SMILES string of the molecule is O=C(N[C@H](Cc1ccc(Cl)cc1)C(=O)O)C1CCCCC1. The van der Waals surface area contributed by atoms with Crippen molar-refractivity contribution in [3.05, 3.63) is 34.9 Å². The molecule has 4 nitrogen and oxygen atoms in total. The third kappa shape index (κ3) is 4.74. The van der Waals surface area contributed by atoms with Crippen molar-refractivity contribution < 1.29 is 14.7 Å². The molecular formula is C16H20ClNO3. The fourth-order valence-corrected chi connectivity index (χ4v) is 2.84. The number of rotatable bonds is 5. The molecule has 5 heteroatoms. The van der Waals surface area contributed by atoms with Crippen molar-refractivity contribution in [1.29, 1.82) is 0 Å². The number of carboxylic acids is 1. The summed E-state index contributed by atoms with van der Waals surface area (Å²) < 4.78 is 0.